The van der Waals surface area contributed by atoms with E-state index in [1.165, 1.54) is 12.8 Å². The van der Waals surface area contributed by atoms with Gasteiger partial charge in [0.1, 0.15) is 0 Å². The highest BCUT2D eigenvalue weighted by Gasteiger charge is 2.03. The number of hydrogen-bond donors (Lipinski definition) is 0. The smallest absolute Gasteiger partial charge is 0.0591 e. The summed E-state index contributed by atoms with van der Waals surface area (Å²) in [5.74, 6) is 3.80. The highest BCUT2D eigenvalue weighted by atomic mass is 14.7. The third kappa shape index (κ3) is 13.4. The van der Waals surface area contributed by atoms with Crippen molar-refractivity contribution in [3.05, 3.63) is 6.08 Å². The Balaban J connectivity index is 0. The largest absolute Gasteiger partial charge is 0.240 e. The lowest BCUT2D eigenvalue weighted by molar-refractivity contribution is 0.492. The molecule has 1 heteroatoms. The Morgan fingerprint density at radius 2 is 1.73 bits per heavy atom. The minimum atomic E-state index is 0.491. The Morgan fingerprint density at radius 3 is 2.13 bits per heavy atom. The van der Waals surface area contributed by atoms with E-state index < -0.39 is 0 Å². The van der Waals surface area contributed by atoms with Crippen molar-refractivity contribution in [3.63, 3.8) is 0 Å². The Bertz CT molecular complexity index is 164. The summed E-state index contributed by atoms with van der Waals surface area (Å²) in [6.45, 7) is 12.8. The van der Waals surface area contributed by atoms with E-state index in [-0.39, 0.29) is 0 Å². The van der Waals surface area contributed by atoms with Gasteiger partial charge in [-0.3, -0.25) is 0 Å². The molecule has 0 aliphatic rings. The summed E-state index contributed by atoms with van der Waals surface area (Å²) >= 11 is 0. The van der Waals surface area contributed by atoms with Gasteiger partial charge in [0.15, 0.2) is 0 Å². The van der Waals surface area contributed by atoms with Gasteiger partial charge in [-0.05, 0) is 43.5 Å². The van der Waals surface area contributed by atoms with Gasteiger partial charge in [0.05, 0.1) is 6.04 Å². The molecule has 0 rings (SSSR count). The van der Waals surface area contributed by atoms with E-state index in [2.05, 4.69) is 38.6 Å². The van der Waals surface area contributed by atoms with Gasteiger partial charge in [-0.2, -0.15) is 0 Å². The summed E-state index contributed by atoms with van der Waals surface area (Å²) in [7, 11) is 0. The van der Waals surface area contributed by atoms with Crippen LogP contribution in [0.15, 0.2) is 11.1 Å². The third-order valence-electron chi connectivity index (χ3n) is 2.10. The normalized spacial score (nSPS) is 11.1. The second-order valence-electron chi connectivity index (χ2n) is 3.90. The fraction of sp³-hybridized carbons (Fsp3) is 0.857. The number of rotatable bonds is 6. The molecule has 0 heterocycles. The van der Waals surface area contributed by atoms with Gasteiger partial charge in [0.2, 0.25) is 0 Å². The van der Waals surface area contributed by atoms with Crippen LogP contribution in [0.1, 0.15) is 67.2 Å². The summed E-state index contributed by atoms with van der Waals surface area (Å²) < 4.78 is 0. The van der Waals surface area contributed by atoms with Gasteiger partial charge in [-0.15, -0.1) is 0 Å². The maximum atomic E-state index is 4.40. The van der Waals surface area contributed by atoms with Gasteiger partial charge in [0.25, 0.3) is 0 Å². The first kappa shape index (κ1) is 16.9. The molecule has 0 saturated heterocycles. The maximum absolute atomic E-state index is 4.40. The van der Waals surface area contributed by atoms with Crippen LogP contribution < -0.4 is 0 Å². The molecular weight excluding hydrogens is 182 g/mol. The lowest BCUT2D eigenvalue weighted by atomic mass is 10.0. The van der Waals surface area contributed by atoms with E-state index in [0.717, 1.165) is 18.8 Å². The number of allylic oxidation sites excluding steroid dienone is 1. The van der Waals surface area contributed by atoms with Crippen LogP contribution in [0.4, 0.5) is 0 Å². The molecule has 0 radical (unpaired) electrons. The van der Waals surface area contributed by atoms with Gasteiger partial charge in [-0.1, -0.05) is 41.5 Å². The summed E-state index contributed by atoms with van der Waals surface area (Å²) in [4.78, 5) is 4.40. The van der Waals surface area contributed by atoms with E-state index in [1.807, 2.05) is 19.9 Å². The molecule has 1 nitrogen and oxygen atoms in total. The predicted molar refractivity (Wildman–Crippen MR) is 71.8 cm³/mol. The molecule has 15 heavy (non-hydrogen) atoms. The Morgan fingerprint density at radius 1 is 1.13 bits per heavy atom. The van der Waals surface area contributed by atoms with E-state index in [4.69, 9.17) is 0 Å². The van der Waals surface area contributed by atoms with Gasteiger partial charge in [0, 0.05) is 0 Å². The first-order chi connectivity index (χ1) is 7.20. The van der Waals surface area contributed by atoms with Crippen LogP contribution >= 0.6 is 0 Å². The maximum Gasteiger partial charge on any atom is 0.0591 e. The molecule has 90 valence electrons. The summed E-state index contributed by atoms with van der Waals surface area (Å²) in [5, 5.41) is 0. The molecule has 0 amide bonds. The molecule has 0 aliphatic carbocycles. The Hall–Kier alpha value is -0.550. The molecule has 0 spiro atoms. The highest BCUT2D eigenvalue weighted by Crippen LogP contribution is 2.11. The lowest BCUT2D eigenvalue weighted by Crippen LogP contribution is -2.03. The topological polar surface area (TPSA) is 12.4 Å². The van der Waals surface area contributed by atoms with Crippen LogP contribution in [0.2, 0.25) is 0 Å². The number of nitrogens with zero attached hydrogens (tertiary/aromatic N) is 1. The van der Waals surface area contributed by atoms with Crippen LogP contribution in [-0.2, 0) is 0 Å². The molecular formula is C14H29N. The molecule has 0 aromatic rings. The molecule has 0 aliphatic heterocycles. The minimum absolute atomic E-state index is 0.491. The first-order valence-corrected chi connectivity index (χ1v) is 6.47. The lowest BCUT2D eigenvalue weighted by Gasteiger charge is -2.09. The molecule has 0 N–H and O–H groups in total. The van der Waals surface area contributed by atoms with Crippen molar-refractivity contribution in [2.24, 2.45) is 10.9 Å². The fourth-order valence-corrected chi connectivity index (χ4v) is 1.14. The van der Waals surface area contributed by atoms with E-state index in [0.29, 0.717) is 6.04 Å². The average molecular weight is 211 g/mol. The highest BCUT2D eigenvalue weighted by molar-refractivity contribution is 5.51. The summed E-state index contributed by atoms with van der Waals surface area (Å²) in [5.41, 5.74) is 0. The molecule has 1 unspecified atom stereocenters. The van der Waals surface area contributed by atoms with Gasteiger partial charge in [-0.25, -0.2) is 4.99 Å². The fourth-order valence-electron chi connectivity index (χ4n) is 1.14. The zero-order valence-electron chi connectivity index (χ0n) is 11.5. The van der Waals surface area contributed by atoms with E-state index >= 15 is 0 Å². The van der Waals surface area contributed by atoms with Crippen LogP contribution in [0.25, 0.3) is 0 Å². The Kier molecular flexibility index (Phi) is 15.1. The zero-order chi connectivity index (χ0) is 12.1. The minimum Gasteiger partial charge on any atom is -0.240 e. The number of aliphatic imine (C=N–C) groups is 1. The van der Waals surface area contributed by atoms with Crippen LogP contribution in [0.3, 0.4) is 0 Å². The van der Waals surface area contributed by atoms with Crippen molar-refractivity contribution < 1.29 is 0 Å². The zero-order valence-corrected chi connectivity index (χ0v) is 11.5. The summed E-state index contributed by atoms with van der Waals surface area (Å²) in [6, 6.07) is 0.491. The predicted octanol–water partition coefficient (Wildman–Crippen LogP) is 4.86. The molecule has 0 aromatic heterocycles. The average Bonchev–Trinajstić information content (AvgIpc) is 2.26. The van der Waals surface area contributed by atoms with Crippen molar-refractivity contribution in [1.82, 2.24) is 0 Å². The van der Waals surface area contributed by atoms with Crippen molar-refractivity contribution >= 4 is 5.87 Å². The molecule has 1 atom stereocenters. The second-order valence-corrected chi connectivity index (χ2v) is 3.90. The van der Waals surface area contributed by atoms with E-state index in [9.17, 15) is 0 Å². The summed E-state index contributed by atoms with van der Waals surface area (Å²) in [6.07, 6.45) is 6.65. The molecule has 0 aromatic carbocycles. The second kappa shape index (κ2) is 13.4. The van der Waals surface area contributed by atoms with Crippen LogP contribution in [0.5, 0.6) is 0 Å². The molecule has 0 bridgehead atoms. The molecule has 0 saturated carbocycles. The number of hydrogen-bond acceptors (Lipinski definition) is 1. The van der Waals surface area contributed by atoms with Gasteiger partial charge < -0.3 is 0 Å². The monoisotopic (exact) mass is 211 g/mol. The van der Waals surface area contributed by atoms with Crippen molar-refractivity contribution in [2.75, 3.05) is 0 Å². The van der Waals surface area contributed by atoms with Crippen molar-refractivity contribution in [1.29, 1.82) is 0 Å². The third-order valence-corrected chi connectivity index (χ3v) is 2.10. The van der Waals surface area contributed by atoms with Crippen molar-refractivity contribution in [3.8, 4) is 0 Å². The SMILES string of the molecule is CC.CCC=C=NC(CC)CCC(C)C. The standard InChI is InChI=1S/C12H23N.C2H6/c1-5-7-10-13-12(6-2)9-8-11(3)4;1-2/h7,11-12H,5-6,8-9H2,1-4H3;1-2H3. The van der Waals surface area contributed by atoms with Gasteiger partial charge >= 0.3 is 0 Å². The van der Waals surface area contributed by atoms with Crippen LogP contribution in [-0.4, -0.2) is 11.9 Å². The molecule has 0 fully saturated rings. The Labute approximate surface area is 96.7 Å². The first-order valence-electron chi connectivity index (χ1n) is 6.47. The quantitative estimate of drug-likeness (QED) is 0.556. The van der Waals surface area contributed by atoms with E-state index in [1.54, 1.807) is 0 Å². The van der Waals surface area contributed by atoms with Crippen molar-refractivity contribution in [2.45, 2.75) is 73.3 Å². The van der Waals surface area contributed by atoms with Crippen LogP contribution in [0, 0.1) is 5.92 Å².